The van der Waals surface area contributed by atoms with E-state index < -0.39 is 17.6 Å². The first-order chi connectivity index (χ1) is 8.58. The summed E-state index contributed by atoms with van der Waals surface area (Å²) in [5, 5.41) is 10.1. The monoisotopic (exact) mass is 271 g/mol. The van der Waals surface area contributed by atoms with Crippen LogP contribution in [0.3, 0.4) is 0 Å². The molecular formula is C11H7F2NO3S. The molecular weight excluding hydrogens is 264 g/mol. The fraction of sp³-hybridized carbons (Fsp3) is 0.0909. The number of ether oxygens (including phenoxy) is 1. The van der Waals surface area contributed by atoms with Gasteiger partial charge in [0.1, 0.15) is 6.61 Å². The highest BCUT2D eigenvalue weighted by Crippen LogP contribution is 2.20. The molecule has 0 bridgehead atoms. The third-order valence-corrected chi connectivity index (χ3v) is 2.91. The van der Waals surface area contributed by atoms with Gasteiger partial charge in [0.05, 0.1) is 5.69 Å². The van der Waals surface area contributed by atoms with Gasteiger partial charge in [-0.25, -0.2) is 14.2 Å². The molecule has 0 atom stereocenters. The van der Waals surface area contributed by atoms with Crippen LogP contribution in [0.25, 0.3) is 0 Å². The van der Waals surface area contributed by atoms with Crippen LogP contribution in [0.4, 0.5) is 8.78 Å². The summed E-state index contributed by atoms with van der Waals surface area (Å²) in [7, 11) is 0. The second-order valence-electron chi connectivity index (χ2n) is 3.29. The number of carboxylic acid groups (broad SMARTS) is 1. The van der Waals surface area contributed by atoms with Crippen LogP contribution in [-0.2, 0) is 6.61 Å². The second kappa shape index (κ2) is 5.09. The predicted molar refractivity (Wildman–Crippen MR) is 59.8 cm³/mol. The van der Waals surface area contributed by atoms with Crippen molar-refractivity contribution in [1.29, 1.82) is 0 Å². The zero-order valence-corrected chi connectivity index (χ0v) is 9.71. The standard InChI is InChI=1S/C11H7F2NO3S/c12-7-2-1-3-8(9(7)13)17-4-6-5-18-10(14-6)11(15)16/h1-3,5H,4H2,(H,15,16). The fourth-order valence-electron chi connectivity index (χ4n) is 1.22. The van der Waals surface area contributed by atoms with Crippen LogP contribution in [0.2, 0.25) is 0 Å². The lowest BCUT2D eigenvalue weighted by molar-refractivity contribution is 0.0696. The van der Waals surface area contributed by atoms with Gasteiger partial charge in [0, 0.05) is 5.38 Å². The Morgan fingerprint density at radius 1 is 1.44 bits per heavy atom. The Balaban J connectivity index is 2.07. The quantitative estimate of drug-likeness (QED) is 0.928. The van der Waals surface area contributed by atoms with Gasteiger partial charge in [0.15, 0.2) is 11.6 Å². The molecule has 0 spiro atoms. The third kappa shape index (κ3) is 2.62. The van der Waals surface area contributed by atoms with Crippen molar-refractivity contribution in [2.24, 2.45) is 0 Å². The molecule has 4 nitrogen and oxygen atoms in total. The molecule has 0 saturated carbocycles. The highest BCUT2D eigenvalue weighted by atomic mass is 32.1. The Labute approximate surface area is 104 Å². The number of hydrogen-bond donors (Lipinski definition) is 1. The molecule has 0 saturated heterocycles. The van der Waals surface area contributed by atoms with E-state index in [4.69, 9.17) is 9.84 Å². The molecule has 2 rings (SSSR count). The van der Waals surface area contributed by atoms with Gasteiger partial charge < -0.3 is 9.84 Å². The number of thiazole rings is 1. The molecule has 1 aromatic carbocycles. The lowest BCUT2D eigenvalue weighted by Gasteiger charge is -2.05. The number of carboxylic acids is 1. The van der Waals surface area contributed by atoms with Gasteiger partial charge in [-0.1, -0.05) is 6.07 Å². The average Bonchev–Trinajstić information content (AvgIpc) is 2.80. The lowest BCUT2D eigenvalue weighted by Crippen LogP contribution is -2.01. The second-order valence-corrected chi connectivity index (χ2v) is 4.15. The van der Waals surface area contributed by atoms with Crippen LogP contribution in [-0.4, -0.2) is 16.1 Å². The van der Waals surface area contributed by atoms with Gasteiger partial charge in [-0.2, -0.15) is 4.39 Å². The first kappa shape index (κ1) is 12.4. The molecule has 94 valence electrons. The van der Waals surface area contributed by atoms with E-state index >= 15 is 0 Å². The summed E-state index contributed by atoms with van der Waals surface area (Å²) in [6.07, 6.45) is 0. The Kier molecular flexibility index (Phi) is 3.52. The van der Waals surface area contributed by atoms with Crippen molar-refractivity contribution in [3.8, 4) is 5.75 Å². The number of carbonyl (C=O) groups is 1. The van der Waals surface area contributed by atoms with Gasteiger partial charge in [-0.15, -0.1) is 11.3 Å². The number of rotatable bonds is 4. The number of benzene rings is 1. The molecule has 0 amide bonds. The number of nitrogens with zero attached hydrogens (tertiary/aromatic N) is 1. The molecule has 0 aliphatic rings. The summed E-state index contributed by atoms with van der Waals surface area (Å²) in [4.78, 5) is 14.3. The molecule has 2 aromatic rings. The maximum Gasteiger partial charge on any atom is 0.365 e. The van der Waals surface area contributed by atoms with Crippen LogP contribution >= 0.6 is 11.3 Å². The Bertz CT molecular complexity index is 585. The van der Waals surface area contributed by atoms with Gasteiger partial charge in [-0.3, -0.25) is 0 Å². The molecule has 7 heteroatoms. The number of aromatic nitrogens is 1. The zero-order valence-electron chi connectivity index (χ0n) is 8.89. The maximum atomic E-state index is 13.2. The Morgan fingerprint density at radius 3 is 2.89 bits per heavy atom. The van der Waals surface area contributed by atoms with Crippen LogP contribution in [0.1, 0.15) is 15.5 Å². The van der Waals surface area contributed by atoms with Crippen molar-refractivity contribution in [3.63, 3.8) is 0 Å². The fourth-order valence-corrected chi connectivity index (χ4v) is 1.86. The first-order valence-corrected chi connectivity index (χ1v) is 5.70. The summed E-state index contributed by atoms with van der Waals surface area (Å²) in [6, 6.07) is 3.58. The van der Waals surface area contributed by atoms with Crippen LogP contribution in [0.5, 0.6) is 5.75 Å². The van der Waals surface area contributed by atoms with E-state index in [9.17, 15) is 13.6 Å². The number of aromatic carboxylic acids is 1. The molecule has 0 fully saturated rings. The van der Waals surface area contributed by atoms with Crippen molar-refractivity contribution in [3.05, 3.63) is 45.9 Å². The van der Waals surface area contributed by atoms with E-state index in [0.29, 0.717) is 5.69 Å². The minimum absolute atomic E-state index is 0.0756. The number of hydrogen-bond acceptors (Lipinski definition) is 4. The minimum Gasteiger partial charge on any atom is -0.484 e. The van der Waals surface area contributed by atoms with Crippen LogP contribution in [0.15, 0.2) is 23.6 Å². The summed E-state index contributed by atoms with van der Waals surface area (Å²) in [5.41, 5.74) is 0.348. The molecule has 0 unspecified atom stereocenters. The van der Waals surface area contributed by atoms with Crippen molar-refractivity contribution >= 4 is 17.3 Å². The van der Waals surface area contributed by atoms with E-state index in [1.54, 1.807) is 0 Å². The highest BCUT2D eigenvalue weighted by Gasteiger charge is 2.12. The third-order valence-electron chi connectivity index (χ3n) is 2.03. The van der Waals surface area contributed by atoms with E-state index in [1.165, 1.54) is 17.5 Å². The van der Waals surface area contributed by atoms with Crippen molar-refractivity contribution < 1.29 is 23.4 Å². The number of halogens is 2. The minimum atomic E-state index is -1.14. The summed E-state index contributed by atoms with van der Waals surface area (Å²) < 4.78 is 31.1. The average molecular weight is 271 g/mol. The molecule has 0 radical (unpaired) electrons. The van der Waals surface area contributed by atoms with E-state index in [1.807, 2.05) is 0 Å². The maximum absolute atomic E-state index is 13.2. The van der Waals surface area contributed by atoms with Crippen molar-refractivity contribution in [1.82, 2.24) is 4.98 Å². The molecule has 1 N–H and O–H groups in total. The molecule has 1 heterocycles. The smallest absolute Gasteiger partial charge is 0.365 e. The van der Waals surface area contributed by atoms with Crippen LogP contribution < -0.4 is 4.74 Å². The van der Waals surface area contributed by atoms with E-state index in [-0.39, 0.29) is 17.4 Å². The topological polar surface area (TPSA) is 59.4 Å². The summed E-state index contributed by atoms with van der Waals surface area (Å²) in [5.74, 6) is -3.45. The largest absolute Gasteiger partial charge is 0.484 e. The lowest BCUT2D eigenvalue weighted by atomic mass is 10.3. The van der Waals surface area contributed by atoms with Gasteiger partial charge in [0.25, 0.3) is 0 Å². The predicted octanol–water partition coefficient (Wildman–Crippen LogP) is 2.70. The van der Waals surface area contributed by atoms with E-state index in [0.717, 1.165) is 17.4 Å². The molecule has 1 aromatic heterocycles. The van der Waals surface area contributed by atoms with Gasteiger partial charge >= 0.3 is 5.97 Å². The first-order valence-electron chi connectivity index (χ1n) is 4.82. The van der Waals surface area contributed by atoms with Crippen molar-refractivity contribution in [2.45, 2.75) is 6.61 Å². The molecule has 0 aliphatic carbocycles. The van der Waals surface area contributed by atoms with E-state index in [2.05, 4.69) is 4.98 Å². The molecule has 18 heavy (non-hydrogen) atoms. The van der Waals surface area contributed by atoms with Crippen LogP contribution in [0, 0.1) is 11.6 Å². The van der Waals surface area contributed by atoms with Gasteiger partial charge in [-0.05, 0) is 12.1 Å². The molecule has 0 aliphatic heterocycles. The van der Waals surface area contributed by atoms with Crippen molar-refractivity contribution in [2.75, 3.05) is 0 Å². The Morgan fingerprint density at radius 2 is 2.22 bits per heavy atom. The highest BCUT2D eigenvalue weighted by molar-refractivity contribution is 7.11. The zero-order chi connectivity index (χ0) is 13.1. The normalized spacial score (nSPS) is 10.3. The summed E-state index contributed by atoms with van der Waals surface area (Å²) >= 11 is 0.942. The SMILES string of the molecule is O=C(O)c1nc(COc2cccc(F)c2F)cs1. The van der Waals surface area contributed by atoms with Gasteiger partial charge in [0.2, 0.25) is 10.8 Å². The Hall–Kier alpha value is -2.02. The summed E-state index contributed by atoms with van der Waals surface area (Å²) in [6.45, 7) is -0.121.